The molecule has 89 heavy (non-hydrogen) atoms. The Bertz CT molecular complexity index is 4510. The molecule has 0 unspecified atom stereocenters. The summed E-state index contributed by atoms with van der Waals surface area (Å²) >= 11 is 1.72. The van der Waals surface area contributed by atoms with Gasteiger partial charge in [-0.25, -0.2) is 9.97 Å². The smallest absolute Gasteiger partial charge is 0.270 e. The number of anilines is 1. The van der Waals surface area contributed by atoms with Gasteiger partial charge in [-0.3, -0.25) is 14.9 Å². The SMILES string of the molecule is C.CC(C)(O)c1ccc2c(c1)CC(c1n[nH]c3ccsc13)=C2.Cc1ccc2c(c1)CC(C1=NCc3ccc(NC4CCCC4)cc31)=C2.O=c1[nH]c2cc3nc(-c4ccc(-c5ccccc5)cc4)n(CCCN4CCCCC4)c3cc2nc1Cc1ccccc1. The minimum Gasteiger partial charge on any atom is -0.386 e. The number of rotatable bonds is 13. The van der Waals surface area contributed by atoms with Crippen molar-refractivity contribution in [1.29, 1.82) is 0 Å². The van der Waals surface area contributed by atoms with Gasteiger partial charge in [0, 0.05) is 48.7 Å². The summed E-state index contributed by atoms with van der Waals surface area (Å²) in [6.07, 6.45) is 17.2. The summed E-state index contributed by atoms with van der Waals surface area (Å²) in [5.41, 5.74) is 25.1. The van der Waals surface area contributed by atoms with Crippen molar-refractivity contribution in [2.24, 2.45) is 4.99 Å². The van der Waals surface area contributed by atoms with Gasteiger partial charge >= 0.3 is 0 Å². The van der Waals surface area contributed by atoms with Gasteiger partial charge in [-0.1, -0.05) is 160 Å². The molecule has 16 rings (SSSR count). The Hall–Kier alpha value is -8.81. The number of hydrogen-bond acceptors (Lipinski definition) is 9. The second-order valence-electron chi connectivity index (χ2n) is 25.1. The van der Waals surface area contributed by atoms with Crippen LogP contribution in [0.3, 0.4) is 0 Å². The van der Waals surface area contributed by atoms with Crippen LogP contribution in [0.1, 0.15) is 134 Å². The van der Waals surface area contributed by atoms with Crippen molar-refractivity contribution < 1.29 is 5.11 Å². The van der Waals surface area contributed by atoms with E-state index in [4.69, 9.17) is 15.0 Å². The molecule has 5 aliphatic rings. The number of allylic oxidation sites excluding steroid dienone is 2. The largest absolute Gasteiger partial charge is 0.386 e. The number of imidazole rings is 1. The van der Waals surface area contributed by atoms with Crippen LogP contribution in [0.5, 0.6) is 0 Å². The normalized spacial score (nSPS) is 15.3. The fraction of sp³-hybridized carbons (Fsp3) is 0.286. The molecule has 0 atom stereocenters. The number of nitrogens with one attached hydrogen (secondary N) is 3. The average Bonchev–Trinajstić information content (AvgIpc) is 2.12. The van der Waals surface area contributed by atoms with Gasteiger partial charge in [-0.2, -0.15) is 5.10 Å². The van der Waals surface area contributed by atoms with E-state index in [1.807, 2.05) is 62.4 Å². The van der Waals surface area contributed by atoms with Gasteiger partial charge in [-0.05, 0) is 182 Å². The highest BCUT2D eigenvalue weighted by atomic mass is 32.1. The molecule has 4 N–H and O–H groups in total. The molecule has 11 aromatic rings. The number of likely N-dealkylation sites (tertiary alicyclic amines) is 1. The molecular formula is C77H79N9O2S. The number of benzene rings is 7. The van der Waals surface area contributed by atoms with Crippen molar-refractivity contribution in [3.05, 3.63) is 240 Å². The molecule has 2 aliphatic heterocycles. The van der Waals surface area contributed by atoms with E-state index in [9.17, 15) is 9.90 Å². The highest BCUT2D eigenvalue weighted by molar-refractivity contribution is 7.17. The Morgan fingerprint density at radius 1 is 0.685 bits per heavy atom. The van der Waals surface area contributed by atoms with Gasteiger partial charge in [0.1, 0.15) is 17.2 Å². The minimum absolute atomic E-state index is 0. The Balaban J connectivity index is 0.000000132. The van der Waals surface area contributed by atoms with Gasteiger partial charge in [0.2, 0.25) is 0 Å². The lowest BCUT2D eigenvalue weighted by atomic mass is 9.94. The highest BCUT2D eigenvalue weighted by Gasteiger charge is 2.26. The first-order valence-corrected chi connectivity index (χ1v) is 32.5. The van der Waals surface area contributed by atoms with Crippen molar-refractivity contribution in [2.75, 3.05) is 25.0 Å². The van der Waals surface area contributed by atoms with Crippen molar-refractivity contribution in [2.45, 2.75) is 124 Å². The number of thiophene rings is 1. The van der Waals surface area contributed by atoms with Crippen LogP contribution in [0.25, 0.3) is 72.5 Å². The van der Waals surface area contributed by atoms with E-state index in [0.717, 1.165) is 89.2 Å². The summed E-state index contributed by atoms with van der Waals surface area (Å²) in [7, 11) is 0. The van der Waals surface area contributed by atoms with Crippen LogP contribution in [-0.2, 0) is 38.0 Å². The summed E-state index contributed by atoms with van der Waals surface area (Å²) < 4.78 is 3.57. The minimum atomic E-state index is -0.800. The molecule has 450 valence electrons. The molecule has 7 aromatic carbocycles. The number of fused-ring (bicyclic) bond motifs is 6. The van der Waals surface area contributed by atoms with Gasteiger partial charge in [0.25, 0.3) is 5.56 Å². The molecule has 12 heteroatoms. The van der Waals surface area contributed by atoms with E-state index in [1.54, 1.807) is 11.3 Å². The zero-order chi connectivity index (χ0) is 59.7. The van der Waals surface area contributed by atoms with E-state index >= 15 is 0 Å². The maximum atomic E-state index is 13.0. The first-order valence-electron chi connectivity index (χ1n) is 31.6. The summed E-state index contributed by atoms with van der Waals surface area (Å²) in [4.78, 5) is 33.5. The molecule has 11 nitrogen and oxygen atoms in total. The second kappa shape index (κ2) is 25.7. The number of aryl methyl sites for hydroxylation is 2. The van der Waals surface area contributed by atoms with E-state index in [-0.39, 0.29) is 13.0 Å². The molecule has 0 spiro atoms. The maximum Gasteiger partial charge on any atom is 0.270 e. The summed E-state index contributed by atoms with van der Waals surface area (Å²) in [6.45, 7) is 11.0. The fourth-order valence-electron chi connectivity index (χ4n) is 13.5. The number of nitrogens with zero attached hydrogens (tertiary/aromatic N) is 6. The van der Waals surface area contributed by atoms with Crippen LogP contribution >= 0.6 is 11.3 Å². The summed E-state index contributed by atoms with van der Waals surface area (Å²) in [5.74, 6) is 0.949. The van der Waals surface area contributed by atoms with Crippen LogP contribution in [0, 0.1) is 6.92 Å². The number of aromatic amines is 2. The molecule has 6 heterocycles. The molecule has 0 bridgehead atoms. The lowest BCUT2D eigenvalue weighted by Gasteiger charge is -2.26. The number of aliphatic hydroxyl groups is 1. The average molecular weight is 1190 g/mol. The van der Waals surface area contributed by atoms with Crippen LogP contribution in [0.15, 0.2) is 178 Å². The van der Waals surface area contributed by atoms with Crippen molar-refractivity contribution in [1.82, 2.24) is 34.6 Å². The quantitative estimate of drug-likeness (QED) is 0.0901. The van der Waals surface area contributed by atoms with E-state index in [2.05, 4.69) is 164 Å². The van der Waals surface area contributed by atoms with Crippen LogP contribution < -0.4 is 10.9 Å². The van der Waals surface area contributed by atoms with Gasteiger partial charge in [-0.15, -0.1) is 11.3 Å². The van der Waals surface area contributed by atoms with Crippen molar-refractivity contribution in [3.8, 4) is 22.5 Å². The van der Waals surface area contributed by atoms with Crippen LogP contribution in [0.4, 0.5) is 5.69 Å². The van der Waals surface area contributed by atoms with E-state index in [0.29, 0.717) is 23.7 Å². The van der Waals surface area contributed by atoms with Crippen molar-refractivity contribution in [3.63, 3.8) is 0 Å². The van der Waals surface area contributed by atoms with E-state index in [1.165, 1.54) is 135 Å². The number of aliphatic imine (C=N–C) groups is 1. The first kappa shape index (κ1) is 59.2. The van der Waals surface area contributed by atoms with Gasteiger partial charge in [0.15, 0.2) is 0 Å². The molecule has 0 radical (unpaired) electrons. The number of hydrogen-bond donors (Lipinski definition) is 4. The Kier molecular flexibility index (Phi) is 17.1. The molecule has 0 amide bonds. The molecule has 3 aliphatic carbocycles. The van der Waals surface area contributed by atoms with Crippen LogP contribution in [0.2, 0.25) is 0 Å². The van der Waals surface area contributed by atoms with Crippen LogP contribution in [-0.4, -0.2) is 71.1 Å². The third kappa shape index (κ3) is 12.9. The predicted molar refractivity (Wildman–Crippen MR) is 370 cm³/mol. The molecular weight excluding hydrogens is 1110 g/mol. The number of H-pyrrole nitrogens is 2. The zero-order valence-electron chi connectivity index (χ0n) is 50.6. The topological polar surface area (TPSA) is 140 Å². The van der Waals surface area contributed by atoms with Gasteiger partial charge < -0.3 is 24.9 Å². The first-order chi connectivity index (χ1) is 43.0. The third-order valence-electron chi connectivity index (χ3n) is 18.2. The summed E-state index contributed by atoms with van der Waals surface area (Å²) in [5, 5.41) is 23.5. The lowest BCUT2D eigenvalue weighted by molar-refractivity contribution is 0.0785. The Morgan fingerprint density at radius 2 is 1.40 bits per heavy atom. The number of piperidine rings is 1. The fourth-order valence-corrected chi connectivity index (χ4v) is 14.4. The molecule has 4 aromatic heterocycles. The Morgan fingerprint density at radius 3 is 2.19 bits per heavy atom. The predicted octanol–water partition coefficient (Wildman–Crippen LogP) is 17.0. The molecule has 1 saturated carbocycles. The zero-order valence-corrected chi connectivity index (χ0v) is 51.4. The lowest BCUT2D eigenvalue weighted by Crippen LogP contribution is -2.31. The maximum absolute atomic E-state index is 13.0. The molecule has 2 fully saturated rings. The standard InChI is InChI=1S/C36H35N5O.C23H24N2.C17H16N2OS.CH4/c42-36-33(23-26-11-4-1-5-12-26)37-31-25-34-32(24-30(31)39-36)38-35(41(34)22-10-21-40-19-8-3-9-20-40)29-17-15-28(16-18-29)27-13-6-2-7-14-27;1-15-6-7-16-11-19(12-18(16)10-15)23-22-13-21(9-8-17(22)14-24-23)25-20-4-2-3-5-20;1-17(2,20)13-4-3-10-7-12(8-11(10)9-13)15-16-14(18-19-15)5-6-21-16;/h1-2,4-7,11-18,24-25H,3,8-10,19-23H2,(H,39,42);6-11,13,20,25H,2-5,12,14H2,1H3;3-7,9,20H,8H2,1-2H3,(H,18,19);1H4. The van der Waals surface area contributed by atoms with Gasteiger partial charge in [0.05, 0.1) is 50.1 Å². The third-order valence-corrected chi connectivity index (χ3v) is 19.2. The Labute approximate surface area is 526 Å². The summed E-state index contributed by atoms with van der Waals surface area (Å²) in [6, 6.07) is 55.7. The number of aromatic nitrogens is 6. The highest BCUT2D eigenvalue weighted by Crippen LogP contribution is 2.39. The van der Waals surface area contributed by atoms with E-state index < -0.39 is 5.60 Å². The monoisotopic (exact) mass is 1190 g/mol. The van der Waals surface area contributed by atoms with Crippen molar-refractivity contribution >= 4 is 72.7 Å². The molecule has 1 saturated heterocycles. The second-order valence-corrected chi connectivity index (χ2v) is 26.0.